The van der Waals surface area contributed by atoms with E-state index in [1.54, 1.807) is 0 Å². The van der Waals surface area contributed by atoms with Crippen LogP contribution in [0.1, 0.15) is 31.4 Å². The minimum absolute atomic E-state index is 0.189. The molecule has 1 amide bonds. The monoisotopic (exact) mass is 307 g/mol. The molecule has 0 heterocycles. The molecule has 1 aromatic carbocycles. The molecule has 0 aromatic heterocycles. The summed E-state index contributed by atoms with van der Waals surface area (Å²) in [6.07, 6.45) is -0.437. The molecule has 0 aliphatic carbocycles. The van der Waals surface area contributed by atoms with Crippen molar-refractivity contribution in [2.75, 3.05) is 7.11 Å². The molecule has 0 bridgehead atoms. The van der Waals surface area contributed by atoms with Gasteiger partial charge in [-0.1, -0.05) is 38.1 Å². The topological polar surface area (TPSA) is 75.6 Å². The third-order valence-corrected chi connectivity index (χ3v) is 3.48. The first-order valence-electron chi connectivity index (χ1n) is 7.46. The van der Waals surface area contributed by atoms with Gasteiger partial charge in [-0.05, 0) is 30.4 Å². The number of aryl methyl sites for hydroxylation is 1. The van der Waals surface area contributed by atoms with Crippen LogP contribution in [0.3, 0.4) is 0 Å². The van der Waals surface area contributed by atoms with Crippen molar-refractivity contribution in [2.24, 2.45) is 5.92 Å². The summed E-state index contributed by atoms with van der Waals surface area (Å²) in [5, 5.41) is 12.4. The van der Waals surface area contributed by atoms with E-state index in [4.69, 9.17) is 4.74 Å². The smallest absolute Gasteiger partial charge is 0.328 e. The van der Waals surface area contributed by atoms with Crippen LogP contribution in [0.25, 0.3) is 0 Å². The van der Waals surface area contributed by atoms with E-state index >= 15 is 0 Å². The van der Waals surface area contributed by atoms with Crippen LogP contribution in [0.5, 0.6) is 0 Å². The van der Waals surface area contributed by atoms with E-state index in [9.17, 15) is 14.7 Å². The van der Waals surface area contributed by atoms with Crippen molar-refractivity contribution in [3.05, 3.63) is 35.4 Å². The Kier molecular flexibility index (Phi) is 7.05. The van der Waals surface area contributed by atoms with Gasteiger partial charge in [-0.3, -0.25) is 4.79 Å². The average molecular weight is 307 g/mol. The number of nitrogens with one attached hydrogen (secondary N) is 1. The molecule has 122 valence electrons. The number of carbonyl (C=O) groups is 2. The average Bonchev–Trinajstić information content (AvgIpc) is 2.47. The minimum Gasteiger partial charge on any atom is -0.467 e. The molecular weight excluding hydrogens is 282 g/mol. The molecule has 0 aliphatic rings. The van der Waals surface area contributed by atoms with Gasteiger partial charge in [0.15, 0.2) is 0 Å². The molecule has 5 nitrogen and oxygen atoms in total. The van der Waals surface area contributed by atoms with E-state index in [1.165, 1.54) is 7.11 Å². The van der Waals surface area contributed by atoms with Gasteiger partial charge in [0.05, 0.1) is 7.11 Å². The zero-order chi connectivity index (χ0) is 16.7. The lowest BCUT2D eigenvalue weighted by Gasteiger charge is -2.20. The minimum atomic E-state index is -1.12. The van der Waals surface area contributed by atoms with Crippen molar-refractivity contribution in [1.82, 2.24) is 5.32 Å². The van der Waals surface area contributed by atoms with Crippen LogP contribution in [0.4, 0.5) is 0 Å². The highest BCUT2D eigenvalue weighted by Gasteiger charge is 2.26. The van der Waals surface area contributed by atoms with E-state index in [2.05, 4.69) is 5.32 Å². The van der Waals surface area contributed by atoms with Gasteiger partial charge in [0.25, 0.3) is 0 Å². The Balaban J connectivity index is 2.79. The third kappa shape index (κ3) is 5.48. The van der Waals surface area contributed by atoms with Gasteiger partial charge in [0.2, 0.25) is 5.91 Å². The Morgan fingerprint density at radius 3 is 2.45 bits per heavy atom. The Hall–Kier alpha value is -1.88. The van der Waals surface area contributed by atoms with Crippen LogP contribution in [0.15, 0.2) is 24.3 Å². The van der Waals surface area contributed by atoms with Gasteiger partial charge in [0, 0.05) is 6.42 Å². The standard InChI is InChI=1S/C17H25NO4/c1-11(2)9-15(19)16(20)18-14(17(21)22-4)10-13-8-6-5-7-12(13)3/h5-8,11,14-15,19H,9-10H2,1-4H3,(H,18,20)/t14-,15-/m0/s1. The van der Waals surface area contributed by atoms with Crippen LogP contribution in [0.2, 0.25) is 0 Å². The molecule has 5 heteroatoms. The fourth-order valence-corrected chi connectivity index (χ4v) is 2.22. The summed E-state index contributed by atoms with van der Waals surface area (Å²) in [5.74, 6) is -0.875. The second kappa shape index (κ2) is 8.54. The van der Waals surface area contributed by atoms with Crippen LogP contribution < -0.4 is 5.32 Å². The zero-order valence-electron chi connectivity index (χ0n) is 13.6. The summed E-state index contributed by atoms with van der Waals surface area (Å²) in [4.78, 5) is 23.9. The molecule has 1 aromatic rings. The van der Waals surface area contributed by atoms with Crippen LogP contribution in [0, 0.1) is 12.8 Å². The molecular formula is C17H25NO4. The summed E-state index contributed by atoms with van der Waals surface area (Å²) in [6, 6.07) is 6.84. The van der Waals surface area contributed by atoms with E-state index in [1.807, 2.05) is 45.0 Å². The van der Waals surface area contributed by atoms with E-state index < -0.39 is 24.0 Å². The van der Waals surface area contributed by atoms with Crippen molar-refractivity contribution in [1.29, 1.82) is 0 Å². The lowest BCUT2D eigenvalue weighted by atomic mass is 10.0. The van der Waals surface area contributed by atoms with Crippen molar-refractivity contribution in [2.45, 2.75) is 45.8 Å². The summed E-state index contributed by atoms with van der Waals surface area (Å²) >= 11 is 0. The molecule has 0 radical (unpaired) electrons. The fraction of sp³-hybridized carbons (Fsp3) is 0.529. The molecule has 1 rings (SSSR count). The lowest BCUT2D eigenvalue weighted by molar-refractivity contribution is -0.146. The molecule has 0 unspecified atom stereocenters. The maximum atomic E-state index is 12.0. The number of aliphatic hydroxyl groups is 1. The third-order valence-electron chi connectivity index (χ3n) is 3.48. The van der Waals surface area contributed by atoms with Gasteiger partial charge < -0.3 is 15.2 Å². The fourth-order valence-electron chi connectivity index (χ4n) is 2.22. The number of methoxy groups -OCH3 is 1. The quantitative estimate of drug-likeness (QED) is 0.750. The number of aliphatic hydroxyl groups excluding tert-OH is 1. The SMILES string of the molecule is COC(=O)[C@H](Cc1ccccc1C)NC(=O)[C@@H](O)CC(C)C. The number of carbonyl (C=O) groups excluding carboxylic acids is 2. The van der Waals surface area contributed by atoms with E-state index in [0.29, 0.717) is 12.8 Å². The highest BCUT2D eigenvalue weighted by Crippen LogP contribution is 2.11. The summed E-state index contributed by atoms with van der Waals surface area (Å²) < 4.78 is 4.75. The van der Waals surface area contributed by atoms with Crippen molar-refractivity contribution < 1.29 is 19.4 Å². The highest BCUT2D eigenvalue weighted by atomic mass is 16.5. The number of ether oxygens (including phenoxy) is 1. The van der Waals surface area contributed by atoms with E-state index in [-0.39, 0.29) is 5.92 Å². The van der Waals surface area contributed by atoms with Gasteiger partial charge in [0.1, 0.15) is 12.1 Å². The molecule has 22 heavy (non-hydrogen) atoms. The molecule has 0 saturated heterocycles. The lowest BCUT2D eigenvalue weighted by Crippen LogP contribution is -2.47. The van der Waals surface area contributed by atoms with Crippen molar-refractivity contribution >= 4 is 11.9 Å². The highest BCUT2D eigenvalue weighted by molar-refractivity contribution is 5.87. The molecule has 2 atom stereocenters. The predicted octanol–water partition coefficient (Wildman–Crippen LogP) is 1.60. The zero-order valence-corrected chi connectivity index (χ0v) is 13.6. The largest absolute Gasteiger partial charge is 0.467 e. The van der Waals surface area contributed by atoms with Crippen LogP contribution >= 0.6 is 0 Å². The van der Waals surface area contributed by atoms with Gasteiger partial charge in [-0.2, -0.15) is 0 Å². The second-order valence-electron chi connectivity index (χ2n) is 5.86. The Morgan fingerprint density at radius 1 is 1.27 bits per heavy atom. The summed E-state index contributed by atoms with van der Waals surface area (Å²) in [5.41, 5.74) is 1.99. The predicted molar refractivity (Wildman–Crippen MR) is 84.3 cm³/mol. The number of benzene rings is 1. The molecule has 0 spiro atoms. The summed E-state index contributed by atoms with van der Waals surface area (Å²) in [6.45, 7) is 5.78. The number of hydrogen-bond donors (Lipinski definition) is 2. The Bertz CT molecular complexity index is 513. The number of amides is 1. The Morgan fingerprint density at radius 2 is 1.91 bits per heavy atom. The maximum Gasteiger partial charge on any atom is 0.328 e. The van der Waals surface area contributed by atoms with Crippen LogP contribution in [-0.4, -0.2) is 36.2 Å². The number of esters is 1. The Labute approximate surface area is 131 Å². The van der Waals surface area contributed by atoms with Gasteiger partial charge >= 0.3 is 5.97 Å². The molecule has 0 aliphatic heterocycles. The van der Waals surface area contributed by atoms with Gasteiger partial charge in [-0.25, -0.2) is 4.79 Å². The first-order chi connectivity index (χ1) is 10.3. The normalized spacial score (nSPS) is 13.5. The first kappa shape index (κ1) is 18.2. The van der Waals surface area contributed by atoms with Crippen molar-refractivity contribution in [3.63, 3.8) is 0 Å². The first-order valence-corrected chi connectivity index (χ1v) is 7.46. The number of hydrogen-bond acceptors (Lipinski definition) is 4. The number of rotatable bonds is 7. The summed E-state index contributed by atoms with van der Waals surface area (Å²) in [7, 11) is 1.28. The molecule has 0 saturated carbocycles. The van der Waals surface area contributed by atoms with Crippen molar-refractivity contribution in [3.8, 4) is 0 Å². The maximum absolute atomic E-state index is 12.0. The van der Waals surface area contributed by atoms with E-state index in [0.717, 1.165) is 11.1 Å². The van der Waals surface area contributed by atoms with Gasteiger partial charge in [-0.15, -0.1) is 0 Å². The molecule has 0 fully saturated rings. The second-order valence-corrected chi connectivity index (χ2v) is 5.86. The molecule has 2 N–H and O–H groups in total. The van der Waals surface area contributed by atoms with Crippen LogP contribution in [-0.2, 0) is 20.7 Å².